The van der Waals surface area contributed by atoms with Crippen LogP contribution in [0.5, 0.6) is 11.5 Å². The third kappa shape index (κ3) is 5.95. The SMILES string of the molecule is COc1ccc(CCNC(=O)COC(=O)c2ccc3c(c2)C(=O)N(Cc2ccc(Cl)cc2)C3=O)cc1OC. The molecule has 38 heavy (non-hydrogen) atoms. The lowest BCUT2D eigenvalue weighted by Crippen LogP contribution is -2.30. The highest BCUT2D eigenvalue weighted by molar-refractivity contribution is 6.30. The smallest absolute Gasteiger partial charge is 0.338 e. The van der Waals surface area contributed by atoms with E-state index in [1.807, 2.05) is 12.1 Å². The van der Waals surface area contributed by atoms with Crippen LogP contribution in [-0.2, 0) is 22.5 Å². The molecule has 3 amide bonds. The molecule has 0 saturated heterocycles. The molecule has 1 N–H and O–H groups in total. The van der Waals surface area contributed by atoms with Gasteiger partial charge in [0.15, 0.2) is 18.1 Å². The molecule has 10 heteroatoms. The zero-order valence-corrected chi connectivity index (χ0v) is 21.5. The summed E-state index contributed by atoms with van der Waals surface area (Å²) in [6.45, 7) is -0.0883. The maximum absolute atomic E-state index is 12.9. The van der Waals surface area contributed by atoms with E-state index in [1.54, 1.807) is 44.6 Å². The van der Waals surface area contributed by atoms with Crippen molar-refractivity contribution in [3.63, 3.8) is 0 Å². The van der Waals surface area contributed by atoms with Gasteiger partial charge < -0.3 is 19.5 Å². The van der Waals surface area contributed by atoms with Crippen molar-refractivity contribution in [3.8, 4) is 11.5 Å². The zero-order chi connectivity index (χ0) is 27.2. The lowest BCUT2D eigenvalue weighted by atomic mass is 10.1. The Morgan fingerprint density at radius 1 is 0.842 bits per heavy atom. The van der Waals surface area contributed by atoms with Gasteiger partial charge >= 0.3 is 5.97 Å². The van der Waals surface area contributed by atoms with E-state index in [0.717, 1.165) is 16.0 Å². The van der Waals surface area contributed by atoms with Crippen LogP contribution in [0, 0.1) is 0 Å². The summed E-state index contributed by atoms with van der Waals surface area (Å²) in [4.78, 5) is 51.4. The quantitative estimate of drug-likeness (QED) is 0.311. The molecule has 0 unspecified atom stereocenters. The molecule has 0 radical (unpaired) electrons. The summed E-state index contributed by atoms with van der Waals surface area (Å²) in [5.41, 5.74) is 2.05. The minimum Gasteiger partial charge on any atom is -0.493 e. The number of hydrogen-bond acceptors (Lipinski definition) is 7. The van der Waals surface area contributed by atoms with E-state index in [-0.39, 0.29) is 23.2 Å². The van der Waals surface area contributed by atoms with Crippen molar-refractivity contribution < 1.29 is 33.4 Å². The topological polar surface area (TPSA) is 111 Å². The van der Waals surface area contributed by atoms with Gasteiger partial charge in [-0.1, -0.05) is 29.8 Å². The number of nitrogens with zero attached hydrogens (tertiary/aromatic N) is 1. The number of hydrogen-bond donors (Lipinski definition) is 1. The van der Waals surface area contributed by atoms with Crippen LogP contribution in [0.15, 0.2) is 60.7 Å². The van der Waals surface area contributed by atoms with Crippen molar-refractivity contribution >= 4 is 35.3 Å². The standard InChI is InChI=1S/C28H25ClN2O7/c1-36-23-10-5-17(13-24(23)37-2)11-12-30-25(32)16-38-28(35)19-6-9-21-22(14-19)27(34)31(26(21)33)15-18-3-7-20(29)8-4-18/h3-10,13-14H,11-12,15-16H2,1-2H3,(H,30,32). The first-order valence-electron chi connectivity index (χ1n) is 11.7. The van der Waals surface area contributed by atoms with Crippen LogP contribution in [0.4, 0.5) is 0 Å². The van der Waals surface area contributed by atoms with Crippen LogP contribution < -0.4 is 14.8 Å². The Balaban J connectivity index is 1.29. The fraction of sp³-hybridized carbons (Fsp3) is 0.214. The molecular weight excluding hydrogens is 512 g/mol. The average Bonchev–Trinajstić information content (AvgIpc) is 3.16. The number of benzene rings is 3. The van der Waals surface area contributed by atoms with E-state index in [4.69, 9.17) is 25.8 Å². The van der Waals surface area contributed by atoms with E-state index in [2.05, 4.69) is 5.32 Å². The summed E-state index contributed by atoms with van der Waals surface area (Å²) in [5.74, 6) is -1.01. The van der Waals surface area contributed by atoms with Gasteiger partial charge in [-0.25, -0.2) is 4.79 Å². The Bertz CT molecular complexity index is 1390. The molecule has 1 aliphatic heterocycles. The van der Waals surface area contributed by atoms with Crippen LogP contribution in [0.25, 0.3) is 0 Å². The Kier molecular flexibility index (Phi) is 8.28. The van der Waals surface area contributed by atoms with Crippen molar-refractivity contribution in [2.45, 2.75) is 13.0 Å². The van der Waals surface area contributed by atoms with Crippen molar-refractivity contribution in [3.05, 3.63) is 93.5 Å². The molecule has 4 rings (SSSR count). The minimum atomic E-state index is -0.778. The van der Waals surface area contributed by atoms with Crippen LogP contribution >= 0.6 is 11.6 Å². The highest BCUT2D eigenvalue weighted by Gasteiger charge is 2.36. The Labute approximate surface area is 224 Å². The number of imide groups is 1. The van der Waals surface area contributed by atoms with Gasteiger partial charge in [0.1, 0.15) is 0 Å². The van der Waals surface area contributed by atoms with Crippen molar-refractivity contribution in [2.75, 3.05) is 27.4 Å². The first-order valence-corrected chi connectivity index (χ1v) is 12.1. The number of halogens is 1. The molecule has 0 aromatic heterocycles. The van der Waals surface area contributed by atoms with Gasteiger partial charge in [0.25, 0.3) is 17.7 Å². The van der Waals surface area contributed by atoms with E-state index in [0.29, 0.717) is 29.5 Å². The van der Waals surface area contributed by atoms with Crippen molar-refractivity contribution in [1.29, 1.82) is 0 Å². The molecule has 0 bridgehead atoms. The van der Waals surface area contributed by atoms with Gasteiger partial charge in [0.05, 0.1) is 37.5 Å². The third-order valence-corrected chi connectivity index (χ3v) is 6.23. The monoisotopic (exact) mass is 536 g/mol. The van der Waals surface area contributed by atoms with Gasteiger partial charge in [-0.2, -0.15) is 0 Å². The molecule has 0 saturated carbocycles. The predicted octanol–water partition coefficient (Wildman–Crippen LogP) is 3.67. The van der Waals surface area contributed by atoms with E-state index < -0.39 is 30.3 Å². The Hall–Kier alpha value is -4.37. The van der Waals surface area contributed by atoms with Gasteiger partial charge in [-0.05, 0) is 60.0 Å². The van der Waals surface area contributed by atoms with Crippen LogP contribution in [0.1, 0.15) is 42.2 Å². The summed E-state index contributed by atoms with van der Waals surface area (Å²) >= 11 is 5.90. The fourth-order valence-electron chi connectivity index (χ4n) is 3.98. The molecular formula is C28H25ClN2O7. The second-order valence-electron chi connectivity index (χ2n) is 8.45. The normalized spacial score (nSPS) is 12.2. The number of carbonyl (C=O) groups excluding carboxylic acids is 4. The predicted molar refractivity (Wildman–Crippen MR) is 139 cm³/mol. The Morgan fingerprint density at radius 2 is 1.53 bits per heavy atom. The molecule has 0 fully saturated rings. The fourth-order valence-corrected chi connectivity index (χ4v) is 4.11. The highest BCUT2D eigenvalue weighted by Crippen LogP contribution is 2.28. The second-order valence-corrected chi connectivity index (χ2v) is 8.89. The largest absolute Gasteiger partial charge is 0.493 e. The van der Waals surface area contributed by atoms with Gasteiger partial charge in [-0.3, -0.25) is 19.3 Å². The molecule has 0 atom stereocenters. The molecule has 3 aromatic rings. The summed E-state index contributed by atoms with van der Waals surface area (Å²) in [6, 6.07) is 16.4. The zero-order valence-electron chi connectivity index (χ0n) is 20.8. The number of methoxy groups -OCH3 is 2. The molecule has 0 spiro atoms. The second kappa shape index (κ2) is 11.8. The summed E-state index contributed by atoms with van der Waals surface area (Å²) in [7, 11) is 3.10. The number of esters is 1. The lowest BCUT2D eigenvalue weighted by Gasteiger charge is -2.13. The molecule has 1 aliphatic rings. The first-order chi connectivity index (χ1) is 18.3. The third-order valence-electron chi connectivity index (χ3n) is 5.98. The van der Waals surface area contributed by atoms with E-state index in [1.165, 1.54) is 18.2 Å². The van der Waals surface area contributed by atoms with Gasteiger partial charge in [0.2, 0.25) is 0 Å². The van der Waals surface area contributed by atoms with E-state index in [9.17, 15) is 19.2 Å². The van der Waals surface area contributed by atoms with Crippen LogP contribution in [0.2, 0.25) is 5.02 Å². The average molecular weight is 537 g/mol. The van der Waals surface area contributed by atoms with Gasteiger partial charge in [0, 0.05) is 11.6 Å². The lowest BCUT2D eigenvalue weighted by molar-refractivity contribution is -0.124. The number of ether oxygens (including phenoxy) is 3. The molecule has 1 heterocycles. The maximum atomic E-state index is 12.9. The van der Waals surface area contributed by atoms with Crippen LogP contribution in [0.3, 0.4) is 0 Å². The number of amides is 3. The Morgan fingerprint density at radius 3 is 2.24 bits per heavy atom. The number of carbonyl (C=O) groups is 4. The molecule has 3 aromatic carbocycles. The first kappa shape index (κ1) is 26.7. The maximum Gasteiger partial charge on any atom is 0.338 e. The summed E-state index contributed by atoms with van der Waals surface area (Å²) in [6.07, 6.45) is 0.535. The molecule has 0 aliphatic carbocycles. The van der Waals surface area contributed by atoms with Crippen molar-refractivity contribution in [1.82, 2.24) is 10.2 Å². The van der Waals surface area contributed by atoms with Crippen LogP contribution in [-0.4, -0.2) is 56.0 Å². The van der Waals surface area contributed by atoms with Crippen molar-refractivity contribution in [2.24, 2.45) is 0 Å². The minimum absolute atomic E-state index is 0.0661. The highest BCUT2D eigenvalue weighted by atomic mass is 35.5. The number of nitrogens with one attached hydrogen (secondary N) is 1. The summed E-state index contributed by atoms with van der Waals surface area (Å²) < 4.78 is 15.6. The summed E-state index contributed by atoms with van der Waals surface area (Å²) in [5, 5.41) is 3.24. The number of fused-ring (bicyclic) bond motifs is 1. The molecule has 196 valence electrons. The van der Waals surface area contributed by atoms with Gasteiger partial charge in [-0.15, -0.1) is 0 Å². The molecule has 9 nitrogen and oxygen atoms in total. The van der Waals surface area contributed by atoms with E-state index >= 15 is 0 Å². The number of rotatable bonds is 10.